The van der Waals surface area contributed by atoms with Crippen LogP contribution in [0.4, 0.5) is 5.69 Å². The summed E-state index contributed by atoms with van der Waals surface area (Å²) in [7, 11) is -4.07. The van der Waals surface area contributed by atoms with Gasteiger partial charge >= 0.3 is 5.97 Å². The van der Waals surface area contributed by atoms with Gasteiger partial charge in [0, 0.05) is 11.5 Å². The van der Waals surface area contributed by atoms with E-state index in [0.717, 1.165) is 4.31 Å². The average Bonchev–Trinajstić information content (AvgIpc) is 2.67. The van der Waals surface area contributed by atoms with Crippen LogP contribution >= 0.6 is 0 Å². The Hall–Kier alpha value is -3.13. The molecule has 0 aliphatic carbocycles. The van der Waals surface area contributed by atoms with Gasteiger partial charge in [-0.05, 0) is 56.2 Å². The molecule has 7 nitrogen and oxygen atoms in total. The number of hydrogen-bond acceptors (Lipinski definition) is 5. The van der Waals surface area contributed by atoms with Gasteiger partial charge in [-0.3, -0.25) is 13.9 Å². The van der Waals surface area contributed by atoms with Crippen LogP contribution in [-0.4, -0.2) is 32.5 Å². The Bertz CT molecular complexity index is 1220. The highest BCUT2D eigenvalue weighted by Crippen LogP contribution is 2.28. The molecule has 3 aromatic rings. The van der Waals surface area contributed by atoms with E-state index in [2.05, 4.69) is 4.98 Å². The molecule has 0 radical (unpaired) electrons. The predicted octanol–water partition coefficient (Wildman–Crippen LogP) is 2.90. The minimum Gasteiger partial charge on any atom is -0.465 e. The summed E-state index contributed by atoms with van der Waals surface area (Å²) in [6.45, 7) is 4.86. The van der Waals surface area contributed by atoms with Crippen LogP contribution < -0.4 is 9.86 Å². The van der Waals surface area contributed by atoms with Crippen LogP contribution in [-0.2, 0) is 19.6 Å². The molecule has 1 heterocycles. The number of para-hydroxylation sites is 1. The maximum atomic E-state index is 13.5. The first kappa shape index (κ1) is 20.6. The molecule has 0 aliphatic rings. The number of aromatic nitrogens is 1. The molecule has 1 aromatic heterocycles. The van der Waals surface area contributed by atoms with Crippen LogP contribution in [0.2, 0.25) is 0 Å². The zero-order valence-corrected chi connectivity index (χ0v) is 17.2. The number of nitrogens with zero attached hydrogens (tertiary/aromatic N) is 1. The van der Waals surface area contributed by atoms with Gasteiger partial charge in [-0.15, -0.1) is 0 Å². The van der Waals surface area contributed by atoms with Crippen LogP contribution in [0.3, 0.4) is 0 Å². The highest BCUT2D eigenvalue weighted by Gasteiger charge is 2.28. The number of benzene rings is 2. The molecule has 29 heavy (non-hydrogen) atoms. The van der Waals surface area contributed by atoms with Gasteiger partial charge in [-0.1, -0.05) is 18.2 Å². The number of ether oxygens (including phenoxy) is 1. The van der Waals surface area contributed by atoms with Gasteiger partial charge in [0.05, 0.1) is 22.7 Å². The molecule has 0 saturated heterocycles. The molecule has 0 spiro atoms. The molecular weight excluding hydrogens is 392 g/mol. The summed E-state index contributed by atoms with van der Waals surface area (Å²) in [4.78, 5) is 26.7. The van der Waals surface area contributed by atoms with Crippen LogP contribution in [0.25, 0.3) is 10.9 Å². The summed E-state index contributed by atoms with van der Waals surface area (Å²) < 4.78 is 33.0. The van der Waals surface area contributed by atoms with E-state index in [-0.39, 0.29) is 17.1 Å². The van der Waals surface area contributed by atoms with E-state index in [0.29, 0.717) is 27.7 Å². The molecule has 1 N–H and O–H groups in total. The summed E-state index contributed by atoms with van der Waals surface area (Å²) in [5.74, 6) is -0.641. The minimum atomic E-state index is -4.07. The van der Waals surface area contributed by atoms with E-state index in [9.17, 15) is 18.0 Å². The van der Waals surface area contributed by atoms with Crippen molar-refractivity contribution in [2.45, 2.75) is 25.7 Å². The van der Waals surface area contributed by atoms with Crippen molar-refractivity contribution in [2.75, 3.05) is 17.5 Å². The number of esters is 1. The number of nitrogens with one attached hydrogen (secondary N) is 1. The standard InChI is InChI=1S/C21H22N2O5S/c1-4-28-20(25)13-23(16-8-6-5-7-9-16)29(26,27)17-10-15(3)21-18(12-17)14(2)11-19(24)22-21/h5-12H,4,13H2,1-3H3,(H,22,24). The van der Waals surface area contributed by atoms with Gasteiger partial charge in [0.1, 0.15) is 6.54 Å². The van der Waals surface area contributed by atoms with E-state index in [1.54, 1.807) is 51.1 Å². The van der Waals surface area contributed by atoms with Crippen LogP contribution in [0.15, 0.2) is 58.2 Å². The van der Waals surface area contributed by atoms with Gasteiger partial charge in [0.15, 0.2) is 0 Å². The van der Waals surface area contributed by atoms with Crippen molar-refractivity contribution in [3.05, 3.63) is 70.0 Å². The molecule has 0 unspecified atom stereocenters. The minimum absolute atomic E-state index is 0.0331. The van der Waals surface area contributed by atoms with Crippen molar-refractivity contribution in [1.82, 2.24) is 4.98 Å². The topological polar surface area (TPSA) is 96.5 Å². The molecule has 2 aromatic carbocycles. The average molecular weight is 414 g/mol. The number of aryl methyl sites for hydroxylation is 2. The second-order valence-corrected chi connectivity index (χ2v) is 8.49. The third kappa shape index (κ3) is 4.17. The van der Waals surface area contributed by atoms with Crippen molar-refractivity contribution in [3.8, 4) is 0 Å². The molecule has 0 bridgehead atoms. The smallest absolute Gasteiger partial charge is 0.326 e. The summed E-state index contributed by atoms with van der Waals surface area (Å²) in [5, 5.41) is 0.632. The van der Waals surface area contributed by atoms with Gasteiger partial charge in [-0.2, -0.15) is 0 Å². The number of rotatable bonds is 6. The van der Waals surface area contributed by atoms with Crippen LogP contribution in [0.5, 0.6) is 0 Å². The summed E-state index contributed by atoms with van der Waals surface area (Å²) >= 11 is 0. The van der Waals surface area contributed by atoms with Gasteiger partial charge in [-0.25, -0.2) is 8.42 Å². The number of fused-ring (bicyclic) bond motifs is 1. The first-order chi connectivity index (χ1) is 13.7. The third-order valence-corrected chi connectivity index (χ3v) is 6.29. The monoisotopic (exact) mass is 414 g/mol. The summed E-state index contributed by atoms with van der Waals surface area (Å²) in [6.07, 6.45) is 0. The Morgan fingerprint density at radius 3 is 2.41 bits per heavy atom. The van der Waals surface area contributed by atoms with Crippen molar-refractivity contribution < 1.29 is 17.9 Å². The Balaban J connectivity index is 2.17. The maximum absolute atomic E-state index is 13.5. The van der Waals surface area contributed by atoms with Crippen molar-refractivity contribution >= 4 is 32.6 Å². The fraction of sp³-hybridized carbons (Fsp3) is 0.238. The SMILES string of the molecule is CCOC(=O)CN(c1ccccc1)S(=O)(=O)c1cc(C)c2[nH]c(=O)cc(C)c2c1. The fourth-order valence-electron chi connectivity index (χ4n) is 3.17. The first-order valence-corrected chi connectivity index (χ1v) is 10.6. The zero-order valence-electron chi connectivity index (χ0n) is 16.4. The fourth-order valence-corrected chi connectivity index (χ4v) is 4.70. The molecular formula is C21H22N2O5S. The Kier molecular flexibility index (Phi) is 5.74. The number of sulfonamides is 1. The van der Waals surface area contributed by atoms with E-state index in [1.165, 1.54) is 18.2 Å². The largest absolute Gasteiger partial charge is 0.465 e. The summed E-state index contributed by atoms with van der Waals surface area (Å²) in [5.41, 5.74) is 1.98. The maximum Gasteiger partial charge on any atom is 0.326 e. The molecule has 152 valence electrons. The number of aromatic amines is 1. The van der Waals surface area contributed by atoms with E-state index < -0.39 is 22.5 Å². The van der Waals surface area contributed by atoms with E-state index >= 15 is 0 Å². The highest BCUT2D eigenvalue weighted by atomic mass is 32.2. The number of pyridine rings is 1. The molecule has 0 atom stereocenters. The number of H-pyrrole nitrogens is 1. The van der Waals surface area contributed by atoms with E-state index in [1.807, 2.05) is 0 Å². The predicted molar refractivity (Wildman–Crippen MR) is 112 cm³/mol. The second kappa shape index (κ2) is 8.08. The molecule has 3 rings (SSSR count). The van der Waals surface area contributed by atoms with E-state index in [4.69, 9.17) is 4.74 Å². The lowest BCUT2D eigenvalue weighted by Crippen LogP contribution is -2.36. The number of anilines is 1. The molecule has 0 aliphatic heterocycles. The van der Waals surface area contributed by atoms with Crippen molar-refractivity contribution in [3.63, 3.8) is 0 Å². The lowest BCUT2D eigenvalue weighted by atomic mass is 10.1. The van der Waals surface area contributed by atoms with Crippen LogP contribution in [0.1, 0.15) is 18.1 Å². The second-order valence-electron chi connectivity index (χ2n) is 6.63. The number of carbonyl (C=O) groups is 1. The quantitative estimate of drug-likeness (QED) is 0.626. The van der Waals surface area contributed by atoms with Gasteiger partial charge in [0.25, 0.3) is 10.0 Å². The Morgan fingerprint density at radius 1 is 1.07 bits per heavy atom. The number of hydrogen-bond donors (Lipinski definition) is 1. The molecule has 0 amide bonds. The lowest BCUT2D eigenvalue weighted by Gasteiger charge is -2.24. The first-order valence-electron chi connectivity index (χ1n) is 9.11. The zero-order chi connectivity index (χ0) is 21.2. The Morgan fingerprint density at radius 2 is 1.76 bits per heavy atom. The van der Waals surface area contributed by atoms with Crippen LogP contribution in [0, 0.1) is 13.8 Å². The normalized spacial score (nSPS) is 11.4. The number of carbonyl (C=O) groups excluding carboxylic acids is 1. The molecule has 8 heteroatoms. The van der Waals surface area contributed by atoms with Crippen molar-refractivity contribution in [1.29, 1.82) is 0 Å². The summed E-state index contributed by atoms with van der Waals surface area (Å²) in [6, 6.07) is 12.8. The van der Waals surface area contributed by atoms with Gasteiger partial charge < -0.3 is 9.72 Å². The van der Waals surface area contributed by atoms with Crippen molar-refractivity contribution in [2.24, 2.45) is 0 Å². The Labute approximate surface area is 169 Å². The molecule has 0 saturated carbocycles. The van der Waals surface area contributed by atoms with Gasteiger partial charge in [0.2, 0.25) is 5.56 Å². The molecule has 0 fully saturated rings. The highest BCUT2D eigenvalue weighted by molar-refractivity contribution is 7.92. The third-order valence-electron chi connectivity index (χ3n) is 4.54. The lowest BCUT2D eigenvalue weighted by molar-refractivity contribution is -0.141.